The van der Waals surface area contributed by atoms with E-state index in [1.807, 2.05) is 6.07 Å². The number of ketones is 1. The lowest BCUT2D eigenvalue weighted by atomic mass is 9.93. The highest BCUT2D eigenvalue weighted by molar-refractivity contribution is 5.89. The van der Waals surface area contributed by atoms with E-state index in [0.717, 1.165) is 0 Å². The molecule has 1 aliphatic rings. The summed E-state index contributed by atoms with van der Waals surface area (Å²) in [4.78, 5) is 23.4. The maximum absolute atomic E-state index is 11.9. The predicted molar refractivity (Wildman–Crippen MR) is 70.9 cm³/mol. The van der Waals surface area contributed by atoms with Crippen LogP contribution in [0.2, 0.25) is 0 Å². The molecule has 0 spiro atoms. The van der Waals surface area contributed by atoms with Gasteiger partial charge in [0.2, 0.25) is 5.79 Å². The fourth-order valence-corrected chi connectivity index (χ4v) is 2.25. The fraction of sp³-hybridized carbons (Fsp3) is 0.467. The van der Waals surface area contributed by atoms with Crippen LogP contribution in [0.5, 0.6) is 0 Å². The largest absolute Gasteiger partial charge is 0.459 e. The molecule has 2 rings (SSSR count). The van der Waals surface area contributed by atoms with E-state index in [-0.39, 0.29) is 19.3 Å². The third-order valence-electron chi connectivity index (χ3n) is 3.47. The summed E-state index contributed by atoms with van der Waals surface area (Å²) < 4.78 is 5.37. The lowest BCUT2D eigenvalue weighted by Crippen LogP contribution is -2.40. The quantitative estimate of drug-likeness (QED) is 0.631. The normalized spacial score (nSPS) is 22.7. The van der Waals surface area contributed by atoms with Gasteiger partial charge in [0, 0.05) is 12.8 Å². The zero-order valence-corrected chi connectivity index (χ0v) is 11.1. The Hall–Kier alpha value is -1.72. The highest BCUT2D eigenvalue weighted by Crippen LogP contribution is 2.24. The summed E-state index contributed by atoms with van der Waals surface area (Å²) in [7, 11) is 0. The molecule has 1 atom stereocenters. The van der Waals surface area contributed by atoms with Crippen LogP contribution in [-0.2, 0) is 9.53 Å². The van der Waals surface area contributed by atoms with Crippen molar-refractivity contribution in [3.8, 4) is 0 Å². The van der Waals surface area contributed by atoms with Gasteiger partial charge in [-0.25, -0.2) is 4.79 Å². The molecule has 1 aromatic carbocycles. The van der Waals surface area contributed by atoms with Crippen molar-refractivity contribution in [2.75, 3.05) is 0 Å². The van der Waals surface area contributed by atoms with E-state index >= 15 is 0 Å². The fourth-order valence-electron chi connectivity index (χ4n) is 2.25. The van der Waals surface area contributed by atoms with E-state index in [1.165, 1.54) is 0 Å². The van der Waals surface area contributed by atoms with Gasteiger partial charge in [-0.2, -0.15) is 0 Å². The van der Waals surface area contributed by atoms with Crippen LogP contribution in [0.3, 0.4) is 0 Å². The minimum absolute atomic E-state index is 0.0897. The van der Waals surface area contributed by atoms with E-state index in [1.54, 1.807) is 24.3 Å². The summed E-state index contributed by atoms with van der Waals surface area (Å²) >= 11 is 0. The Morgan fingerprint density at radius 1 is 1.20 bits per heavy atom. The van der Waals surface area contributed by atoms with Gasteiger partial charge in [0.05, 0.1) is 5.56 Å². The highest BCUT2D eigenvalue weighted by atomic mass is 16.5. The van der Waals surface area contributed by atoms with Crippen LogP contribution in [0.1, 0.15) is 42.5 Å². The van der Waals surface area contributed by atoms with Gasteiger partial charge in [-0.1, -0.05) is 18.2 Å². The molecule has 0 heterocycles. The van der Waals surface area contributed by atoms with Crippen molar-refractivity contribution < 1.29 is 24.5 Å². The van der Waals surface area contributed by atoms with Crippen LogP contribution in [-0.4, -0.2) is 33.9 Å². The zero-order valence-electron chi connectivity index (χ0n) is 11.1. The maximum Gasteiger partial charge on any atom is 0.338 e. The van der Waals surface area contributed by atoms with Crippen molar-refractivity contribution >= 4 is 11.8 Å². The van der Waals surface area contributed by atoms with E-state index in [0.29, 0.717) is 18.4 Å². The Morgan fingerprint density at radius 2 is 1.90 bits per heavy atom. The monoisotopic (exact) mass is 278 g/mol. The lowest BCUT2D eigenvalue weighted by Gasteiger charge is -2.26. The number of carbonyl (C=O) groups excluding carboxylic acids is 2. The summed E-state index contributed by atoms with van der Waals surface area (Å²) in [5.74, 6) is -3.29. The van der Waals surface area contributed by atoms with Gasteiger partial charge >= 0.3 is 5.97 Å². The second kappa shape index (κ2) is 6.15. The third-order valence-corrected chi connectivity index (χ3v) is 3.47. The minimum atomic E-state index is -2.29. The number of hydrogen-bond acceptors (Lipinski definition) is 5. The Kier molecular flexibility index (Phi) is 4.52. The van der Waals surface area contributed by atoms with E-state index < -0.39 is 23.6 Å². The van der Waals surface area contributed by atoms with Crippen molar-refractivity contribution in [3.63, 3.8) is 0 Å². The molecule has 0 aliphatic heterocycles. The first-order valence-electron chi connectivity index (χ1n) is 6.73. The molecule has 1 aliphatic carbocycles. The predicted octanol–water partition coefficient (Wildman–Crippen LogP) is 1.43. The Bertz CT molecular complexity index is 480. The summed E-state index contributed by atoms with van der Waals surface area (Å²) in [6.07, 6.45) is 0.881. The van der Waals surface area contributed by atoms with E-state index in [9.17, 15) is 19.8 Å². The zero-order chi connectivity index (χ0) is 14.6. The van der Waals surface area contributed by atoms with Gasteiger partial charge in [-0.15, -0.1) is 0 Å². The van der Waals surface area contributed by atoms with Gasteiger partial charge in [0.15, 0.2) is 5.78 Å². The number of carbonyl (C=O) groups is 2. The molecule has 0 amide bonds. The van der Waals surface area contributed by atoms with Crippen molar-refractivity contribution in [2.24, 2.45) is 0 Å². The van der Waals surface area contributed by atoms with E-state index in [2.05, 4.69) is 0 Å². The average molecular weight is 278 g/mol. The summed E-state index contributed by atoms with van der Waals surface area (Å²) in [6, 6.07) is 8.64. The van der Waals surface area contributed by atoms with Crippen molar-refractivity contribution in [1.29, 1.82) is 0 Å². The Balaban J connectivity index is 1.96. The number of esters is 1. The number of rotatable bonds is 2. The molecule has 0 radical (unpaired) electrons. The van der Waals surface area contributed by atoms with Gasteiger partial charge in [-0.05, 0) is 31.4 Å². The molecule has 0 bridgehead atoms. The van der Waals surface area contributed by atoms with Crippen LogP contribution in [0.25, 0.3) is 0 Å². The molecule has 2 N–H and O–H groups in total. The standard InChI is InChI=1S/C15H18O5/c16-13-8-4-7-12(9-10-15(13,18)19)20-14(17)11-5-2-1-3-6-11/h1-3,5-6,12,18-19H,4,7-10H2. The Labute approximate surface area is 117 Å². The molecule has 20 heavy (non-hydrogen) atoms. The first kappa shape index (κ1) is 14.7. The van der Waals surface area contributed by atoms with Crippen LogP contribution in [0, 0.1) is 0 Å². The average Bonchev–Trinajstić information content (AvgIpc) is 2.44. The lowest BCUT2D eigenvalue weighted by molar-refractivity contribution is -0.188. The second-order valence-electron chi connectivity index (χ2n) is 5.06. The molecule has 0 saturated heterocycles. The van der Waals surface area contributed by atoms with Crippen LogP contribution in [0.15, 0.2) is 30.3 Å². The summed E-state index contributed by atoms with van der Waals surface area (Å²) in [5, 5.41) is 19.2. The van der Waals surface area contributed by atoms with Crippen molar-refractivity contribution in [2.45, 2.75) is 44.0 Å². The van der Waals surface area contributed by atoms with Crippen LogP contribution < -0.4 is 0 Å². The summed E-state index contributed by atoms with van der Waals surface area (Å²) in [6.45, 7) is 0. The molecule has 5 heteroatoms. The minimum Gasteiger partial charge on any atom is -0.459 e. The molecule has 1 aromatic rings. The van der Waals surface area contributed by atoms with Crippen molar-refractivity contribution in [3.05, 3.63) is 35.9 Å². The first-order chi connectivity index (χ1) is 9.49. The number of aliphatic hydroxyl groups is 2. The second-order valence-corrected chi connectivity index (χ2v) is 5.06. The molecule has 0 aromatic heterocycles. The van der Waals surface area contributed by atoms with E-state index in [4.69, 9.17) is 4.74 Å². The smallest absolute Gasteiger partial charge is 0.338 e. The highest BCUT2D eigenvalue weighted by Gasteiger charge is 2.35. The number of ether oxygens (including phenoxy) is 1. The van der Waals surface area contributed by atoms with Gasteiger partial charge in [0.1, 0.15) is 6.10 Å². The number of benzene rings is 1. The number of hydrogen-bond donors (Lipinski definition) is 2. The third kappa shape index (κ3) is 3.65. The molecular formula is C15H18O5. The van der Waals surface area contributed by atoms with Crippen LogP contribution in [0.4, 0.5) is 0 Å². The van der Waals surface area contributed by atoms with Crippen LogP contribution >= 0.6 is 0 Å². The SMILES string of the molecule is O=C(OC1CCCC(=O)C(O)(O)CC1)c1ccccc1. The molecular weight excluding hydrogens is 260 g/mol. The molecule has 108 valence electrons. The van der Waals surface area contributed by atoms with Gasteiger partial charge < -0.3 is 14.9 Å². The topological polar surface area (TPSA) is 83.8 Å². The number of Topliss-reactive ketones (excluding diaryl/α,β-unsaturated/α-hetero) is 1. The Morgan fingerprint density at radius 3 is 2.60 bits per heavy atom. The van der Waals surface area contributed by atoms with Crippen molar-refractivity contribution in [1.82, 2.24) is 0 Å². The molecule has 5 nitrogen and oxygen atoms in total. The van der Waals surface area contributed by atoms with Gasteiger partial charge in [0.25, 0.3) is 0 Å². The summed E-state index contributed by atoms with van der Waals surface area (Å²) in [5.41, 5.74) is 0.463. The maximum atomic E-state index is 11.9. The molecule has 1 fully saturated rings. The first-order valence-corrected chi connectivity index (χ1v) is 6.73. The molecule has 1 unspecified atom stereocenters. The molecule has 1 saturated carbocycles. The van der Waals surface area contributed by atoms with Gasteiger partial charge in [-0.3, -0.25) is 4.79 Å².